The van der Waals surface area contributed by atoms with Crippen LogP contribution in [0.2, 0.25) is 5.02 Å². The Labute approximate surface area is 144 Å². The fraction of sp³-hybridized carbons (Fsp3) is 0.438. The molecule has 7 nitrogen and oxygen atoms in total. The molecule has 2 aromatic rings. The Bertz CT molecular complexity index is 749. The zero-order valence-corrected chi connectivity index (χ0v) is 14.2. The molecule has 2 atom stereocenters. The molecule has 1 N–H and O–H groups in total. The highest BCUT2D eigenvalue weighted by Crippen LogP contribution is 2.33. The fourth-order valence-electron chi connectivity index (χ4n) is 2.93. The van der Waals surface area contributed by atoms with E-state index in [1.165, 1.54) is 7.11 Å². The number of carbonyl (C=O) groups excluding carboxylic acids is 1. The van der Waals surface area contributed by atoms with Crippen LogP contribution in [0.1, 0.15) is 29.7 Å². The van der Waals surface area contributed by atoms with Gasteiger partial charge in [0.05, 0.1) is 19.6 Å². The number of carbonyl (C=O) groups is 1. The third-order valence-corrected chi connectivity index (χ3v) is 4.41. The lowest BCUT2D eigenvalue weighted by atomic mass is 10.1. The first-order chi connectivity index (χ1) is 11.5. The molecule has 1 aliphatic rings. The first-order valence-electron chi connectivity index (χ1n) is 7.58. The fourth-order valence-corrected chi connectivity index (χ4v) is 3.16. The summed E-state index contributed by atoms with van der Waals surface area (Å²) in [4.78, 5) is 18.5. The van der Waals surface area contributed by atoms with Crippen LogP contribution in [-0.4, -0.2) is 45.8 Å². The Morgan fingerprint density at radius 3 is 3.00 bits per heavy atom. The van der Waals surface area contributed by atoms with Gasteiger partial charge >= 0.3 is 0 Å². The van der Waals surface area contributed by atoms with E-state index in [9.17, 15) is 9.90 Å². The van der Waals surface area contributed by atoms with Gasteiger partial charge in [-0.2, -0.15) is 4.98 Å². The minimum Gasteiger partial charge on any atom is -0.496 e. The summed E-state index contributed by atoms with van der Waals surface area (Å²) in [6.07, 6.45) is -0.189. The van der Waals surface area contributed by atoms with Crippen LogP contribution in [0.15, 0.2) is 22.7 Å². The molecule has 1 aliphatic heterocycles. The van der Waals surface area contributed by atoms with Crippen molar-refractivity contribution < 1.29 is 19.2 Å². The molecule has 1 aromatic heterocycles. The summed E-state index contributed by atoms with van der Waals surface area (Å²) >= 11 is 6.20. The van der Waals surface area contributed by atoms with Gasteiger partial charge in [-0.1, -0.05) is 22.8 Å². The molecule has 0 radical (unpaired) electrons. The van der Waals surface area contributed by atoms with Crippen molar-refractivity contribution in [3.05, 3.63) is 40.5 Å². The number of nitrogens with zero attached hydrogens (tertiary/aromatic N) is 3. The largest absolute Gasteiger partial charge is 0.496 e. The Morgan fingerprint density at radius 1 is 1.54 bits per heavy atom. The van der Waals surface area contributed by atoms with Crippen molar-refractivity contribution in [2.45, 2.75) is 31.9 Å². The number of halogens is 1. The molecule has 1 fully saturated rings. The minimum absolute atomic E-state index is 0.0686. The summed E-state index contributed by atoms with van der Waals surface area (Å²) in [6.45, 7) is 1.93. The van der Waals surface area contributed by atoms with Gasteiger partial charge in [-0.25, -0.2) is 0 Å². The number of hydrogen-bond acceptors (Lipinski definition) is 6. The average Bonchev–Trinajstić information content (AvgIpc) is 3.15. The predicted molar refractivity (Wildman–Crippen MR) is 85.8 cm³/mol. The lowest BCUT2D eigenvalue weighted by molar-refractivity contribution is -0.132. The molecule has 1 saturated heterocycles. The van der Waals surface area contributed by atoms with Gasteiger partial charge in [0.1, 0.15) is 11.8 Å². The zero-order chi connectivity index (χ0) is 17.3. The van der Waals surface area contributed by atoms with Crippen molar-refractivity contribution in [2.24, 2.45) is 0 Å². The standard InChI is InChI=1S/C16H18ClN3O4/c1-9-18-16(24-19-9)13-6-10(21)8-20(13)15(22)7-11-12(17)4-3-5-14(11)23-2/h3-5,10,13,21H,6-8H2,1-2H3/t10-,13+/m0/s1. The van der Waals surface area contributed by atoms with E-state index < -0.39 is 12.1 Å². The average molecular weight is 352 g/mol. The minimum atomic E-state index is -0.626. The third-order valence-electron chi connectivity index (χ3n) is 4.05. The molecule has 24 heavy (non-hydrogen) atoms. The molecule has 1 aromatic carbocycles. The Hall–Kier alpha value is -2.12. The topological polar surface area (TPSA) is 88.7 Å². The van der Waals surface area contributed by atoms with Crippen LogP contribution in [0.4, 0.5) is 0 Å². The highest BCUT2D eigenvalue weighted by Gasteiger charge is 2.38. The molecule has 0 saturated carbocycles. The quantitative estimate of drug-likeness (QED) is 0.905. The number of likely N-dealkylation sites (tertiary alicyclic amines) is 1. The molecular weight excluding hydrogens is 334 g/mol. The van der Waals surface area contributed by atoms with Crippen LogP contribution in [-0.2, 0) is 11.2 Å². The number of β-amino-alcohol motifs (C(OH)–C–C–N with tert-alkyl or cyclic N) is 1. The van der Waals surface area contributed by atoms with Crippen LogP contribution in [0, 0.1) is 6.92 Å². The summed E-state index contributed by atoms with van der Waals surface area (Å²) in [5, 5.41) is 14.2. The third kappa shape index (κ3) is 3.22. The van der Waals surface area contributed by atoms with Gasteiger partial charge in [0.25, 0.3) is 0 Å². The lowest BCUT2D eigenvalue weighted by Crippen LogP contribution is -2.33. The lowest BCUT2D eigenvalue weighted by Gasteiger charge is -2.22. The van der Waals surface area contributed by atoms with Gasteiger partial charge in [0.15, 0.2) is 5.82 Å². The number of aryl methyl sites for hydroxylation is 1. The molecular formula is C16H18ClN3O4. The summed E-state index contributed by atoms with van der Waals surface area (Å²) in [7, 11) is 1.53. The molecule has 0 spiro atoms. The number of aliphatic hydroxyl groups is 1. The normalized spacial score (nSPS) is 20.4. The SMILES string of the molecule is COc1cccc(Cl)c1CC(=O)N1C[C@@H](O)C[C@@H]1c1nc(C)no1. The molecule has 128 valence electrons. The zero-order valence-electron chi connectivity index (χ0n) is 13.4. The maximum Gasteiger partial charge on any atom is 0.249 e. The van der Waals surface area contributed by atoms with Gasteiger partial charge in [-0.15, -0.1) is 0 Å². The van der Waals surface area contributed by atoms with E-state index in [1.54, 1.807) is 30.0 Å². The summed E-state index contributed by atoms with van der Waals surface area (Å²) < 4.78 is 10.5. The predicted octanol–water partition coefficient (Wildman–Crippen LogP) is 1.92. The first-order valence-corrected chi connectivity index (χ1v) is 7.96. The van der Waals surface area contributed by atoms with Crippen molar-refractivity contribution in [3.8, 4) is 5.75 Å². The maximum absolute atomic E-state index is 12.8. The Morgan fingerprint density at radius 2 is 2.33 bits per heavy atom. The van der Waals surface area contributed by atoms with Crippen molar-refractivity contribution >= 4 is 17.5 Å². The van der Waals surface area contributed by atoms with Gasteiger partial charge in [-0.05, 0) is 19.1 Å². The van der Waals surface area contributed by atoms with E-state index in [0.717, 1.165) is 0 Å². The number of aliphatic hydroxyl groups excluding tert-OH is 1. The van der Waals surface area contributed by atoms with Crippen LogP contribution in [0.3, 0.4) is 0 Å². The first kappa shape index (κ1) is 16.7. The Balaban J connectivity index is 1.83. The molecule has 0 unspecified atom stereocenters. The van der Waals surface area contributed by atoms with E-state index in [1.807, 2.05) is 0 Å². The summed E-state index contributed by atoms with van der Waals surface area (Å²) in [5.41, 5.74) is 0.619. The number of methoxy groups -OCH3 is 1. The highest BCUT2D eigenvalue weighted by molar-refractivity contribution is 6.31. The number of benzene rings is 1. The van der Waals surface area contributed by atoms with E-state index in [2.05, 4.69) is 10.1 Å². The second kappa shape index (κ2) is 6.78. The molecule has 0 bridgehead atoms. The summed E-state index contributed by atoms with van der Waals surface area (Å²) in [6, 6.07) is 4.80. The number of amides is 1. The van der Waals surface area contributed by atoms with E-state index in [-0.39, 0.29) is 18.9 Å². The van der Waals surface area contributed by atoms with Crippen molar-refractivity contribution in [3.63, 3.8) is 0 Å². The van der Waals surface area contributed by atoms with Crippen LogP contribution in [0.25, 0.3) is 0 Å². The summed E-state index contributed by atoms with van der Waals surface area (Å²) in [5.74, 6) is 1.20. The molecule has 2 heterocycles. The monoisotopic (exact) mass is 351 g/mol. The molecule has 0 aliphatic carbocycles. The van der Waals surface area contributed by atoms with Crippen LogP contribution >= 0.6 is 11.6 Å². The molecule has 3 rings (SSSR count). The highest BCUT2D eigenvalue weighted by atomic mass is 35.5. The number of aromatic nitrogens is 2. The van der Waals surface area contributed by atoms with Crippen molar-refractivity contribution in [1.29, 1.82) is 0 Å². The van der Waals surface area contributed by atoms with E-state index >= 15 is 0 Å². The second-order valence-electron chi connectivity index (χ2n) is 5.73. The van der Waals surface area contributed by atoms with Crippen molar-refractivity contribution in [1.82, 2.24) is 15.0 Å². The number of rotatable bonds is 4. The second-order valence-corrected chi connectivity index (χ2v) is 6.14. The van der Waals surface area contributed by atoms with Gasteiger partial charge in [-0.3, -0.25) is 4.79 Å². The van der Waals surface area contributed by atoms with Gasteiger partial charge in [0, 0.05) is 23.6 Å². The number of ether oxygens (including phenoxy) is 1. The van der Waals surface area contributed by atoms with E-state index in [0.29, 0.717) is 34.5 Å². The van der Waals surface area contributed by atoms with Gasteiger partial charge < -0.3 is 19.3 Å². The Kier molecular flexibility index (Phi) is 4.73. The van der Waals surface area contributed by atoms with Crippen LogP contribution < -0.4 is 4.74 Å². The molecule has 8 heteroatoms. The molecule has 1 amide bonds. The number of hydrogen-bond donors (Lipinski definition) is 1. The van der Waals surface area contributed by atoms with Crippen LogP contribution in [0.5, 0.6) is 5.75 Å². The van der Waals surface area contributed by atoms with E-state index in [4.69, 9.17) is 20.9 Å². The maximum atomic E-state index is 12.8. The van der Waals surface area contributed by atoms with Gasteiger partial charge in [0.2, 0.25) is 11.8 Å². The smallest absolute Gasteiger partial charge is 0.249 e. The van der Waals surface area contributed by atoms with Crippen molar-refractivity contribution in [2.75, 3.05) is 13.7 Å².